The van der Waals surface area contributed by atoms with Crippen LogP contribution >= 0.6 is 0 Å². The van der Waals surface area contributed by atoms with Gasteiger partial charge in [0.25, 0.3) is 5.56 Å². The molecule has 0 saturated heterocycles. The Balaban J connectivity index is 0.000000774. The van der Waals surface area contributed by atoms with E-state index in [4.69, 9.17) is 0 Å². The Morgan fingerprint density at radius 3 is 2.38 bits per heavy atom. The summed E-state index contributed by atoms with van der Waals surface area (Å²) in [4.78, 5) is 14.0. The summed E-state index contributed by atoms with van der Waals surface area (Å²) in [5, 5.41) is 10.2. The van der Waals surface area contributed by atoms with Crippen molar-refractivity contribution in [1.82, 2.24) is 4.98 Å². The van der Waals surface area contributed by atoms with E-state index in [-0.39, 0.29) is 11.6 Å². The Hall–Kier alpha value is -2.62. The first-order valence-electron chi connectivity index (χ1n) is 6.76. The maximum absolute atomic E-state index is 12.9. The third-order valence-corrected chi connectivity index (χ3v) is 3.02. The molecule has 0 radical (unpaired) electrons. The van der Waals surface area contributed by atoms with Gasteiger partial charge in [-0.15, -0.1) is 0 Å². The van der Waals surface area contributed by atoms with Crippen LogP contribution in [0, 0.1) is 5.82 Å². The molecule has 4 heteroatoms. The number of hydrogen-bond acceptors (Lipinski definition) is 2. The van der Waals surface area contributed by atoms with Crippen LogP contribution in [0.2, 0.25) is 0 Å². The summed E-state index contributed by atoms with van der Waals surface area (Å²) in [6.07, 6.45) is 0. The highest BCUT2D eigenvalue weighted by molar-refractivity contribution is 5.95. The lowest BCUT2D eigenvalue weighted by Gasteiger charge is -2.07. The zero-order valence-electron chi connectivity index (χ0n) is 11.9. The number of nitrogens with one attached hydrogen (secondary N) is 1. The van der Waals surface area contributed by atoms with Gasteiger partial charge in [-0.2, -0.15) is 0 Å². The molecule has 0 amide bonds. The minimum absolute atomic E-state index is 0.305. The van der Waals surface area contributed by atoms with Crippen LogP contribution in [0.25, 0.3) is 22.0 Å². The Bertz CT molecular complexity index is 807. The van der Waals surface area contributed by atoms with Gasteiger partial charge in [-0.3, -0.25) is 4.79 Å². The van der Waals surface area contributed by atoms with E-state index in [1.54, 1.807) is 24.3 Å². The van der Waals surface area contributed by atoms with Gasteiger partial charge >= 0.3 is 0 Å². The van der Waals surface area contributed by atoms with Crippen molar-refractivity contribution in [3.8, 4) is 16.9 Å². The van der Waals surface area contributed by atoms with Gasteiger partial charge < -0.3 is 10.1 Å². The highest BCUT2D eigenvalue weighted by Gasteiger charge is 2.07. The maximum Gasteiger partial charge on any atom is 0.290 e. The van der Waals surface area contributed by atoms with Crippen molar-refractivity contribution < 1.29 is 9.50 Å². The van der Waals surface area contributed by atoms with Crippen molar-refractivity contribution >= 4 is 10.9 Å². The van der Waals surface area contributed by atoms with Crippen LogP contribution in [0.5, 0.6) is 5.75 Å². The summed E-state index contributed by atoms with van der Waals surface area (Å²) < 4.78 is 12.9. The lowest BCUT2D eigenvalue weighted by Crippen LogP contribution is -2.04. The van der Waals surface area contributed by atoms with E-state index in [2.05, 4.69) is 4.98 Å². The smallest absolute Gasteiger partial charge is 0.290 e. The molecule has 1 heterocycles. The highest BCUT2D eigenvalue weighted by atomic mass is 19.1. The van der Waals surface area contributed by atoms with Crippen LogP contribution in [-0.2, 0) is 0 Å². The molecule has 0 aliphatic heterocycles. The van der Waals surface area contributed by atoms with Gasteiger partial charge in [0.15, 0.2) is 5.75 Å². The van der Waals surface area contributed by atoms with Crippen LogP contribution < -0.4 is 5.56 Å². The molecule has 2 N–H and O–H groups in total. The SMILES string of the molecule is CC.O=c1[nH]c2cccc(-c3ccc(F)cc3)c2cc1O. The standard InChI is InChI=1S/C15H10FNO2.C2H6/c16-10-6-4-9(5-7-10)11-2-1-3-13-12(11)8-14(18)15(19)17-13;1-2/h1-8,18H,(H,17,19);1-2H3. The monoisotopic (exact) mass is 285 g/mol. The van der Waals surface area contributed by atoms with Crippen LogP contribution in [0.1, 0.15) is 13.8 Å². The molecule has 0 spiro atoms. The molecule has 0 bridgehead atoms. The number of aromatic hydroxyl groups is 1. The molecule has 0 unspecified atom stereocenters. The number of halogens is 1. The molecule has 21 heavy (non-hydrogen) atoms. The van der Waals surface area contributed by atoms with E-state index < -0.39 is 5.56 Å². The van der Waals surface area contributed by atoms with E-state index >= 15 is 0 Å². The number of aromatic nitrogens is 1. The third-order valence-electron chi connectivity index (χ3n) is 3.02. The van der Waals surface area contributed by atoms with Crippen molar-refractivity contribution in [3.05, 3.63) is 64.7 Å². The van der Waals surface area contributed by atoms with Gasteiger partial charge in [-0.05, 0) is 35.4 Å². The van der Waals surface area contributed by atoms with Gasteiger partial charge in [0.2, 0.25) is 0 Å². The van der Waals surface area contributed by atoms with Crippen molar-refractivity contribution in [3.63, 3.8) is 0 Å². The second-order valence-corrected chi connectivity index (χ2v) is 4.26. The topological polar surface area (TPSA) is 53.1 Å². The molecule has 3 nitrogen and oxygen atoms in total. The fourth-order valence-corrected chi connectivity index (χ4v) is 2.10. The molecule has 0 aliphatic carbocycles. The predicted octanol–water partition coefficient (Wildman–Crippen LogP) is 4.07. The summed E-state index contributed by atoms with van der Waals surface area (Å²) in [6.45, 7) is 4.00. The predicted molar refractivity (Wildman–Crippen MR) is 83.0 cm³/mol. The number of fused-ring (bicyclic) bond motifs is 1. The Morgan fingerprint density at radius 2 is 1.71 bits per heavy atom. The first-order valence-corrected chi connectivity index (χ1v) is 6.76. The lowest BCUT2D eigenvalue weighted by atomic mass is 10.0. The first kappa shape index (κ1) is 14.8. The van der Waals surface area contributed by atoms with Crippen molar-refractivity contribution in [2.24, 2.45) is 0 Å². The van der Waals surface area contributed by atoms with Gasteiger partial charge in [-0.25, -0.2) is 4.39 Å². The Labute approximate surface area is 121 Å². The first-order chi connectivity index (χ1) is 10.1. The zero-order chi connectivity index (χ0) is 15.4. The van der Waals surface area contributed by atoms with Crippen LogP contribution in [0.3, 0.4) is 0 Å². The molecule has 108 valence electrons. The minimum atomic E-state index is -0.524. The molecular weight excluding hydrogens is 269 g/mol. The molecule has 0 fully saturated rings. The number of benzene rings is 2. The normalized spacial score (nSPS) is 10.0. The van der Waals surface area contributed by atoms with Crippen molar-refractivity contribution in [1.29, 1.82) is 0 Å². The van der Waals surface area contributed by atoms with E-state index in [1.807, 2.05) is 19.9 Å². The van der Waals surface area contributed by atoms with Gasteiger partial charge in [0.05, 0.1) is 0 Å². The largest absolute Gasteiger partial charge is 0.503 e. The average Bonchev–Trinajstić information content (AvgIpc) is 2.51. The van der Waals surface area contributed by atoms with Crippen molar-refractivity contribution in [2.45, 2.75) is 13.8 Å². The fraction of sp³-hybridized carbons (Fsp3) is 0.118. The van der Waals surface area contributed by atoms with Crippen LogP contribution in [0.4, 0.5) is 4.39 Å². The van der Waals surface area contributed by atoms with Crippen LogP contribution in [-0.4, -0.2) is 10.1 Å². The summed E-state index contributed by atoms with van der Waals surface area (Å²) >= 11 is 0. The molecule has 3 aromatic rings. The Morgan fingerprint density at radius 1 is 1.05 bits per heavy atom. The zero-order valence-corrected chi connectivity index (χ0v) is 11.9. The molecule has 0 atom stereocenters. The number of rotatable bonds is 1. The highest BCUT2D eigenvalue weighted by Crippen LogP contribution is 2.28. The Kier molecular flexibility index (Phi) is 4.38. The molecule has 0 saturated carbocycles. The summed E-state index contributed by atoms with van der Waals surface area (Å²) in [6, 6.07) is 12.9. The second kappa shape index (κ2) is 6.22. The molecule has 1 aromatic heterocycles. The summed E-state index contributed by atoms with van der Waals surface area (Å²) in [7, 11) is 0. The summed E-state index contributed by atoms with van der Waals surface area (Å²) in [5.74, 6) is -0.637. The average molecular weight is 285 g/mol. The second-order valence-electron chi connectivity index (χ2n) is 4.26. The molecule has 2 aromatic carbocycles. The summed E-state index contributed by atoms with van der Waals surface area (Å²) in [5.41, 5.74) is 1.75. The number of pyridine rings is 1. The quantitative estimate of drug-likeness (QED) is 0.708. The van der Waals surface area contributed by atoms with Crippen LogP contribution in [0.15, 0.2) is 53.3 Å². The van der Waals surface area contributed by atoms with Gasteiger partial charge in [0, 0.05) is 10.9 Å². The lowest BCUT2D eigenvalue weighted by molar-refractivity contribution is 0.468. The number of aromatic amines is 1. The van der Waals surface area contributed by atoms with Gasteiger partial charge in [0.1, 0.15) is 5.82 Å². The number of H-pyrrole nitrogens is 1. The fourth-order valence-electron chi connectivity index (χ4n) is 2.10. The molecule has 3 rings (SSSR count). The number of hydrogen-bond donors (Lipinski definition) is 2. The minimum Gasteiger partial charge on any atom is -0.503 e. The van der Waals surface area contributed by atoms with E-state index in [1.165, 1.54) is 18.2 Å². The molecule has 0 aliphatic rings. The molecular formula is C17H16FNO2. The van der Waals surface area contributed by atoms with Gasteiger partial charge in [-0.1, -0.05) is 38.1 Å². The maximum atomic E-state index is 12.9. The van der Waals surface area contributed by atoms with E-state index in [0.717, 1.165) is 11.1 Å². The third kappa shape index (κ3) is 2.94. The van der Waals surface area contributed by atoms with E-state index in [9.17, 15) is 14.3 Å². The van der Waals surface area contributed by atoms with Crippen molar-refractivity contribution in [2.75, 3.05) is 0 Å². The van der Waals surface area contributed by atoms with E-state index in [0.29, 0.717) is 10.9 Å².